The summed E-state index contributed by atoms with van der Waals surface area (Å²) in [5.41, 5.74) is 2.41. The fraction of sp³-hybridized carbons (Fsp3) is 0.444. The Hall–Kier alpha value is -2.74. The zero-order chi connectivity index (χ0) is 24.7. The van der Waals surface area contributed by atoms with Gasteiger partial charge in [0.05, 0.1) is 23.9 Å². The van der Waals surface area contributed by atoms with Crippen LogP contribution >= 0.6 is 0 Å². The van der Waals surface area contributed by atoms with Gasteiger partial charge in [0.15, 0.2) is 0 Å². The normalized spacial score (nSPS) is 12.8. The van der Waals surface area contributed by atoms with Crippen molar-refractivity contribution >= 4 is 0 Å². The quantitative estimate of drug-likeness (QED) is 0.407. The summed E-state index contributed by atoms with van der Waals surface area (Å²) in [7, 11) is 1.84. The van der Waals surface area contributed by atoms with Crippen LogP contribution in [0.15, 0.2) is 54.6 Å². The summed E-state index contributed by atoms with van der Waals surface area (Å²) in [6, 6.07) is 15.9. The lowest BCUT2D eigenvalue weighted by molar-refractivity contribution is -0.0566. The van der Waals surface area contributed by atoms with Crippen molar-refractivity contribution in [3.8, 4) is 22.9 Å². The number of hydrogen-bond acceptors (Lipinski definition) is 5. The monoisotopic (exact) mass is 469 g/mol. The summed E-state index contributed by atoms with van der Waals surface area (Å²) in [6.07, 6.45) is 0.311. The molecule has 0 fully saturated rings. The molecule has 3 rings (SSSR count). The van der Waals surface area contributed by atoms with Crippen LogP contribution in [-0.2, 0) is 18.3 Å². The van der Waals surface area contributed by atoms with Crippen molar-refractivity contribution in [3.05, 3.63) is 66.0 Å². The minimum atomic E-state index is -0.621. The van der Waals surface area contributed by atoms with Gasteiger partial charge in [0, 0.05) is 25.7 Å². The molecule has 184 valence electrons. The number of ether oxygens (including phenoxy) is 2. The van der Waals surface area contributed by atoms with Gasteiger partial charge < -0.3 is 14.6 Å². The molecule has 0 aliphatic carbocycles. The smallest absolute Gasteiger partial charge is 0.222 e. The molecule has 0 radical (unpaired) electrons. The van der Waals surface area contributed by atoms with Gasteiger partial charge in [-0.1, -0.05) is 37.3 Å². The summed E-state index contributed by atoms with van der Waals surface area (Å²) in [6.45, 7) is 10.1. The van der Waals surface area contributed by atoms with Crippen LogP contribution in [0.25, 0.3) is 11.3 Å². The Morgan fingerprint density at radius 2 is 1.76 bits per heavy atom. The molecule has 7 heteroatoms. The maximum Gasteiger partial charge on any atom is 0.222 e. The Morgan fingerprint density at radius 3 is 2.38 bits per heavy atom. The lowest BCUT2D eigenvalue weighted by Crippen LogP contribution is -2.37. The molecule has 0 amide bonds. The second-order valence-electron chi connectivity index (χ2n) is 9.49. The lowest BCUT2D eigenvalue weighted by atomic mass is 10.1. The third kappa shape index (κ3) is 7.38. The van der Waals surface area contributed by atoms with Gasteiger partial charge in [-0.3, -0.25) is 4.90 Å². The molecular formula is C27H36FN3O3. The molecule has 1 aromatic heterocycles. The Balaban J connectivity index is 1.91. The molecule has 6 nitrogen and oxygen atoms in total. The number of aryl methyl sites for hydroxylation is 1. The van der Waals surface area contributed by atoms with E-state index in [1.807, 2.05) is 58.2 Å². The predicted molar refractivity (Wildman–Crippen MR) is 132 cm³/mol. The first kappa shape index (κ1) is 25.9. The number of halogens is 1. The summed E-state index contributed by atoms with van der Waals surface area (Å²) in [5, 5.41) is 15.4. The number of aromatic nitrogens is 2. The Bertz CT molecular complexity index is 1030. The van der Waals surface area contributed by atoms with Crippen LogP contribution in [0, 0.1) is 5.82 Å². The van der Waals surface area contributed by atoms with Crippen LogP contribution in [0.1, 0.15) is 39.7 Å². The highest BCUT2D eigenvalue weighted by Gasteiger charge is 2.24. The molecule has 0 bridgehead atoms. The van der Waals surface area contributed by atoms with E-state index in [2.05, 4.69) is 11.8 Å². The summed E-state index contributed by atoms with van der Waals surface area (Å²) >= 11 is 0. The molecule has 34 heavy (non-hydrogen) atoms. The van der Waals surface area contributed by atoms with Crippen molar-refractivity contribution < 1.29 is 19.0 Å². The molecule has 0 aliphatic heterocycles. The van der Waals surface area contributed by atoms with E-state index in [0.29, 0.717) is 24.7 Å². The SMILES string of the molecule is CCCN(Cc1c(-c2ccccc2)nn(C)c1Oc1ccc(F)cc1)CC(O)COC(C)(C)C. The molecule has 0 aliphatic rings. The topological polar surface area (TPSA) is 59.8 Å². The van der Waals surface area contributed by atoms with Gasteiger partial charge in [-0.05, 0) is 58.0 Å². The third-order valence-corrected chi connectivity index (χ3v) is 5.26. The zero-order valence-electron chi connectivity index (χ0n) is 20.8. The van der Waals surface area contributed by atoms with E-state index >= 15 is 0 Å². The average molecular weight is 470 g/mol. The molecule has 1 atom stereocenters. The molecular weight excluding hydrogens is 433 g/mol. The molecule has 2 aromatic carbocycles. The van der Waals surface area contributed by atoms with Crippen LogP contribution in [0.2, 0.25) is 0 Å². The number of hydrogen-bond donors (Lipinski definition) is 1. The Kier molecular flexibility index (Phi) is 8.83. The van der Waals surface area contributed by atoms with E-state index in [4.69, 9.17) is 14.6 Å². The molecule has 0 spiro atoms. The van der Waals surface area contributed by atoms with Crippen molar-refractivity contribution in [2.75, 3.05) is 19.7 Å². The summed E-state index contributed by atoms with van der Waals surface area (Å²) in [5.74, 6) is 0.807. The Labute approximate surface area is 201 Å². The van der Waals surface area contributed by atoms with Crippen LogP contribution in [0.3, 0.4) is 0 Å². The second-order valence-corrected chi connectivity index (χ2v) is 9.49. The Morgan fingerprint density at radius 1 is 1.09 bits per heavy atom. The van der Waals surface area contributed by atoms with E-state index in [1.54, 1.807) is 16.8 Å². The van der Waals surface area contributed by atoms with Crippen LogP contribution in [0.4, 0.5) is 4.39 Å². The van der Waals surface area contributed by atoms with Gasteiger partial charge in [-0.15, -0.1) is 0 Å². The van der Waals surface area contributed by atoms with Gasteiger partial charge >= 0.3 is 0 Å². The predicted octanol–water partition coefficient (Wildman–Crippen LogP) is 5.41. The highest BCUT2D eigenvalue weighted by atomic mass is 19.1. The number of aliphatic hydroxyl groups excluding tert-OH is 1. The number of rotatable bonds is 11. The maximum absolute atomic E-state index is 13.4. The molecule has 1 N–H and O–H groups in total. The van der Waals surface area contributed by atoms with Gasteiger partial charge in [0.25, 0.3) is 0 Å². The van der Waals surface area contributed by atoms with Crippen LogP contribution in [0.5, 0.6) is 11.6 Å². The van der Waals surface area contributed by atoms with Crippen LogP contribution in [-0.4, -0.2) is 51.2 Å². The number of benzene rings is 2. The van der Waals surface area contributed by atoms with E-state index in [-0.39, 0.29) is 18.0 Å². The summed E-state index contributed by atoms with van der Waals surface area (Å²) in [4.78, 5) is 2.19. The van der Waals surface area contributed by atoms with Gasteiger partial charge in [-0.25, -0.2) is 9.07 Å². The largest absolute Gasteiger partial charge is 0.439 e. The summed E-state index contributed by atoms with van der Waals surface area (Å²) < 4.78 is 27.1. The lowest BCUT2D eigenvalue weighted by Gasteiger charge is -2.27. The van der Waals surface area contributed by atoms with Gasteiger partial charge in [0.2, 0.25) is 5.88 Å². The van der Waals surface area contributed by atoms with Crippen molar-refractivity contribution in [2.24, 2.45) is 7.05 Å². The van der Waals surface area contributed by atoms with Crippen molar-refractivity contribution in [3.63, 3.8) is 0 Å². The first-order valence-corrected chi connectivity index (χ1v) is 11.8. The van der Waals surface area contributed by atoms with Crippen molar-refractivity contribution in [1.82, 2.24) is 14.7 Å². The third-order valence-electron chi connectivity index (χ3n) is 5.26. The van der Waals surface area contributed by atoms with Gasteiger partial charge in [0.1, 0.15) is 17.3 Å². The fourth-order valence-corrected chi connectivity index (χ4v) is 3.74. The highest BCUT2D eigenvalue weighted by Crippen LogP contribution is 2.34. The number of nitrogens with zero attached hydrogens (tertiary/aromatic N) is 3. The molecule has 0 saturated heterocycles. The van der Waals surface area contributed by atoms with Crippen molar-refractivity contribution in [1.29, 1.82) is 0 Å². The minimum Gasteiger partial charge on any atom is -0.439 e. The first-order valence-electron chi connectivity index (χ1n) is 11.8. The molecule has 3 aromatic rings. The van der Waals surface area contributed by atoms with E-state index in [0.717, 1.165) is 29.8 Å². The molecule has 0 saturated carbocycles. The van der Waals surface area contributed by atoms with Crippen LogP contribution < -0.4 is 4.74 Å². The number of aliphatic hydroxyl groups is 1. The fourth-order valence-electron chi connectivity index (χ4n) is 3.74. The first-order chi connectivity index (χ1) is 16.2. The van der Waals surface area contributed by atoms with Gasteiger partial charge in [-0.2, -0.15) is 5.10 Å². The highest BCUT2D eigenvalue weighted by molar-refractivity contribution is 5.65. The van der Waals surface area contributed by atoms with E-state index in [1.165, 1.54) is 12.1 Å². The average Bonchev–Trinajstić information content (AvgIpc) is 3.09. The van der Waals surface area contributed by atoms with Crippen molar-refractivity contribution in [2.45, 2.75) is 52.4 Å². The van der Waals surface area contributed by atoms with E-state index in [9.17, 15) is 9.50 Å². The second kappa shape index (κ2) is 11.6. The van der Waals surface area contributed by atoms with E-state index < -0.39 is 6.10 Å². The standard InChI is InChI=1S/C27H36FN3O3/c1-6-16-31(17-22(32)19-33-27(2,3)4)18-24-25(20-10-8-7-9-11-20)29-30(5)26(24)34-23-14-12-21(28)13-15-23/h7-15,22,32H,6,16-19H2,1-5H3. The molecule has 1 heterocycles. The minimum absolute atomic E-state index is 0.265. The molecule has 1 unspecified atom stereocenters. The zero-order valence-corrected chi connectivity index (χ0v) is 20.8. The maximum atomic E-state index is 13.4.